The predicted octanol–water partition coefficient (Wildman–Crippen LogP) is 3.00. The van der Waals surface area contributed by atoms with Gasteiger partial charge in [0.1, 0.15) is 0 Å². The second-order valence-electron chi connectivity index (χ2n) is 9.61. The maximum atomic E-state index is 6.43. The Morgan fingerprint density at radius 2 is 1.00 bits per heavy atom. The van der Waals surface area contributed by atoms with Crippen molar-refractivity contribution in [3.63, 3.8) is 0 Å². The molecule has 0 aromatic carbocycles. The normalized spacial score (nSPS) is 44.1. The molecule has 0 N–H and O–H groups in total. The second-order valence-corrected chi connectivity index (χ2v) is 9.61. The molecule has 0 aliphatic heterocycles. The van der Waals surface area contributed by atoms with Gasteiger partial charge in [-0.1, -0.05) is 24.3 Å². The van der Waals surface area contributed by atoms with Crippen LogP contribution in [-0.2, 0) is 4.74 Å². The summed E-state index contributed by atoms with van der Waals surface area (Å²) in [5, 5.41) is 0. The molecule has 4 bridgehead atoms. The lowest BCUT2D eigenvalue weighted by molar-refractivity contribution is 0.0242. The number of ether oxygens (including phenoxy) is 1. The Labute approximate surface area is 154 Å². The SMILES string of the molecule is CN(C)C[C@@H]1[C@H](COC[C@@H]2[C@H](CN(C)C)[C@@H]3C=C[C@H]2C3)[C@H]2C=C[C@H]1C2. The van der Waals surface area contributed by atoms with E-state index in [0.29, 0.717) is 0 Å². The number of nitrogens with zero attached hydrogens (tertiary/aromatic N) is 2. The van der Waals surface area contributed by atoms with Gasteiger partial charge in [-0.3, -0.25) is 0 Å². The summed E-state index contributed by atoms with van der Waals surface area (Å²) in [7, 11) is 8.84. The molecule has 0 aromatic rings. The Kier molecular flexibility index (Phi) is 5.09. The van der Waals surface area contributed by atoms with Crippen LogP contribution in [0.1, 0.15) is 12.8 Å². The topological polar surface area (TPSA) is 15.7 Å². The summed E-state index contributed by atoms with van der Waals surface area (Å²) in [5.74, 6) is 6.20. The second kappa shape index (κ2) is 7.17. The highest BCUT2D eigenvalue weighted by atomic mass is 16.5. The highest BCUT2D eigenvalue weighted by molar-refractivity contribution is 5.15. The average Bonchev–Trinajstić information content (AvgIpc) is 3.29. The summed E-state index contributed by atoms with van der Waals surface area (Å²) in [6, 6.07) is 0. The lowest BCUT2D eigenvalue weighted by Gasteiger charge is -2.33. The third-order valence-electron chi connectivity index (χ3n) is 7.37. The first-order valence-corrected chi connectivity index (χ1v) is 10.3. The van der Waals surface area contributed by atoms with E-state index in [4.69, 9.17) is 4.74 Å². The van der Waals surface area contributed by atoms with Crippen LogP contribution in [-0.4, -0.2) is 64.3 Å². The molecule has 0 amide bonds. The van der Waals surface area contributed by atoms with Gasteiger partial charge in [0.25, 0.3) is 0 Å². The van der Waals surface area contributed by atoms with E-state index in [0.717, 1.165) is 60.6 Å². The minimum absolute atomic E-state index is 0.735. The fourth-order valence-electron chi connectivity index (χ4n) is 6.27. The highest BCUT2D eigenvalue weighted by Crippen LogP contribution is 2.50. The molecule has 25 heavy (non-hydrogen) atoms. The zero-order chi connectivity index (χ0) is 17.6. The Balaban J connectivity index is 1.32. The van der Waals surface area contributed by atoms with Gasteiger partial charge in [-0.25, -0.2) is 0 Å². The number of allylic oxidation sites excluding steroid dienone is 4. The Morgan fingerprint density at radius 1 is 0.640 bits per heavy atom. The largest absolute Gasteiger partial charge is 0.381 e. The van der Waals surface area contributed by atoms with Gasteiger partial charge in [0.15, 0.2) is 0 Å². The molecular weight excluding hydrogens is 308 g/mol. The fourth-order valence-corrected chi connectivity index (χ4v) is 6.27. The minimum atomic E-state index is 0.735. The zero-order valence-electron chi connectivity index (χ0n) is 16.5. The van der Waals surface area contributed by atoms with E-state index in [-0.39, 0.29) is 0 Å². The number of rotatable bonds is 8. The van der Waals surface area contributed by atoms with Crippen LogP contribution in [0.25, 0.3) is 0 Å². The Morgan fingerprint density at radius 3 is 1.36 bits per heavy atom. The lowest BCUT2D eigenvalue weighted by Crippen LogP contribution is -2.35. The van der Waals surface area contributed by atoms with Gasteiger partial charge in [0.2, 0.25) is 0 Å². The summed E-state index contributed by atoms with van der Waals surface area (Å²) in [6.45, 7) is 4.35. The molecule has 0 heterocycles. The van der Waals surface area contributed by atoms with Crippen molar-refractivity contribution in [2.75, 3.05) is 54.5 Å². The van der Waals surface area contributed by atoms with Crippen molar-refractivity contribution >= 4 is 0 Å². The van der Waals surface area contributed by atoms with E-state index < -0.39 is 0 Å². The Bertz CT molecular complexity index is 480. The van der Waals surface area contributed by atoms with Gasteiger partial charge in [0.05, 0.1) is 13.2 Å². The smallest absolute Gasteiger partial charge is 0.0503 e. The van der Waals surface area contributed by atoms with Crippen LogP contribution in [0.3, 0.4) is 0 Å². The number of fused-ring (bicyclic) bond motifs is 4. The van der Waals surface area contributed by atoms with Gasteiger partial charge in [0, 0.05) is 13.1 Å². The Hall–Kier alpha value is -0.640. The van der Waals surface area contributed by atoms with Crippen molar-refractivity contribution in [2.45, 2.75) is 12.8 Å². The predicted molar refractivity (Wildman–Crippen MR) is 103 cm³/mol. The fraction of sp³-hybridized carbons (Fsp3) is 0.818. The monoisotopic (exact) mass is 344 g/mol. The third kappa shape index (κ3) is 3.48. The minimum Gasteiger partial charge on any atom is -0.381 e. The molecule has 0 spiro atoms. The lowest BCUT2D eigenvalue weighted by atomic mass is 9.82. The first kappa shape index (κ1) is 17.8. The maximum absolute atomic E-state index is 6.43. The van der Waals surface area contributed by atoms with E-state index >= 15 is 0 Å². The number of hydrogen-bond acceptors (Lipinski definition) is 3. The average molecular weight is 345 g/mol. The number of hydrogen-bond donors (Lipinski definition) is 0. The quantitative estimate of drug-likeness (QED) is 0.630. The van der Waals surface area contributed by atoms with Crippen molar-refractivity contribution in [1.29, 1.82) is 0 Å². The molecule has 0 aromatic heterocycles. The van der Waals surface area contributed by atoms with Crippen molar-refractivity contribution in [1.82, 2.24) is 9.80 Å². The van der Waals surface area contributed by atoms with Gasteiger partial charge in [-0.05, 0) is 88.4 Å². The van der Waals surface area contributed by atoms with E-state index in [9.17, 15) is 0 Å². The first-order valence-electron chi connectivity index (χ1n) is 10.3. The molecule has 3 heteroatoms. The van der Waals surface area contributed by atoms with Crippen molar-refractivity contribution in [3.05, 3.63) is 24.3 Å². The van der Waals surface area contributed by atoms with Crippen molar-refractivity contribution in [3.8, 4) is 0 Å². The molecule has 0 unspecified atom stereocenters. The van der Waals surface area contributed by atoms with Gasteiger partial charge in [-0.2, -0.15) is 0 Å². The maximum Gasteiger partial charge on any atom is 0.0503 e. The van der Waals surface area contributed by atoms with Crippen LogP contribution >= 0.6 is 0 Å². The van der Waals surface area contributed by atoms with E-state index in [1.807, 2.05) is 0 Å². The van der Waals surface area contributed by atoms with Crippen LogP contribution in [0.5, 0.6) is 0 Å². The summed E-state index contributed by atoms with van der Waals surface area (Å²) in [4.78, 5) is 4.72. The third-order valence-corrected chi connectivity index (χ3v) is 7.37. The van der Waals surface area contributed by atoms with Gasteiger partial charge in [-0.15, -0.1) is 0 Å². The molecule has 140 valence electrons. The van der Waals surface area contributed by atoms with Crippen molar-refractivity contribution < 1.29 is 4.74 Å². The molecule has 8 atom stereocenters. The molecule has 4 rings (SSSR count). The van der Waals surface area contributed by atoms with Crippen LogP contribution in [0.4, 0.5) is 0 Å². The highest BCUT2D eigenvalue weighted by Gasteiger charge is 2.46. The van der Waals surface area contributed by atoms with E-state index in [1.165, 1.54) is 25.9 Å². The molecular formula is C22H36N2O. The van der Waals surface area contributed by atoms with Gasteiger partial charge < -0.3 is 14.5 Å². The molecule has 0 saturated heterocycles. The van der Waals surface area contributed by atoms with Crippen LogP contribution in [0.2, 0.25) is 0 Å². The van der Waals surface area contributed by atoms with Crippen LogP contribution in [0, 0.1) is 47.3 Å². The first-order chi connectivity index (χ1) is 12.0. The summed E-state index contributed by atoms with van der Waals surface area (Å²) in [5.41, 5.74) is 0. The zero-order valence-corrected chi connectivity index (χ0v) is 16.5. The molecule has 3 nitrogen and oxygen atoms in total. The van der Waals surface area contributed by atoms with Gasteiger partial charge >= 0.3 is 0 Å². The van der Waals surface area contributed by atoms with E-state index in [1.54, 1.807) is 0 Å². The summed E-state index contributed by atoms with van der Waals surface area (Å²) >= 11 is 0. The van der Waals surface area contributed by atoms with Crippen molar-refractivity contribution in [2.24, 2.45) is 47.3 Å². The standard InChI is InChI=1S/C22H36N2O/c1-23(2)11-19-15-5-7-17(9-15)21(19)13-25-14-22-18-8-6-16(10-18)20(22)12-24(3)4/h5-8,15-22H,9-14H2,1-4H3/t15-,16+,17-,18-,19-,20+,21+,22-/m0/s1. The molecule has 4 aliphatic carbocycles. The molecule has 2 fully saturated rings. The molecule has 4 aliphatic rings. The molecule has 0 radical (unpaired) electrons. The summed E-state index contributed by atoms with van der Waals surface area (Å²) in [6.07, 6.45) is 12.6. The van der Waals surface area contributed by atoms with E-state index in [2.05, 4.69) is 62.3 Å². The molecule has 2 saturated carbocycles. The summed E-state index contributed by atoms with van der Waals surface area (Å²) < 4.78 is 6.43. The van der Waals surface area contributed by atoms with Crippen LogP contribution in [0.15, 0.2) is 24.3 Å². The van der Waals surface area contributed by atoms with Crippen LogP contribution < -0.4 is 0 Å².